The van der Waals surface area contributed by atoms with Crippen molar-refractivity contribution in [2.75, 3.05) is 4.90 Å². The molecule has 2 amide bonds. The van der Waals surface area contributed by atoms with E-state index in [4.69, 9.17) is 0 Å². The highest BCUT2D eigenvalue weighted by atomic mass is 16.2. The summed E-state index contributed by atoms with van der Waals surface area (Å²) in [5.74, 6) is -0.485. The molecule has 0 aliphatic heterocycles. The lowest BCUT2D eigenvalue weighted by Crippen LogP contribution is -2.48. The highest BCUT2D eigenvalue weighted by Gasteiger charge is 2.36. The molecule has 0 bridgehead atoms. The number of aromatic nitrogens is 5. The summed E-state index contributed by atoms with van der Waals surface area (Å²) in [7, 11) is 1.89. The smallest absolute Gasteiger partial charge is 0.249 e. The minimum absolute atomic E-state index is 0.0784. The van der Waals surface area contributed by atoms with Gasteiger partial charge in [-0.2, -0.15) is 0 Å². The predicted molar refractivity (Wildman–Crippen MR) is 150 cm³/mol. The van der Waals surface area contributed by atoms with Crippen molar-refractivity contribution in [3.63, 3.8) is 0 Å². The number of benzene rings is 2. The van der Waals surface area contributed by atoms with Crippen LogP contribution in [0.25, 0.3) is 21.9 Å². The highest BCUT2D eigenvalue weighted by molar-refractivity contribution is 6.02. The second-order valence-electron chi connectivity index (χ2n) is 10.2. The first-order valence-corrected chi connectivity index (χ1v) is 13.5. The summed E-state index contributed by atoms with van der Waals surface area (Å²) < 4.78 is 3.48. The van der Waals surface area contributed by atoms with Crippen LogP contribution in [0.5, 0.6) is 0 Å². The van der Waals surface area contributed by atoms with Gasteiger partial charge < -0.3 is 9.88 Å². The van der Waals surface area contributed by atoms with Crippen molar-refractivity contribution in [2.45, 2.75) is 50.7 Å². The van der Waals surface area contributed by atoms with Gasteiger partial charge in [-0.25, -0.2) is 4.68 Å². The lowest BCUT2D eigenvalue weighted by atomic mass is 9.95. The molecular formula is C30H31N7O2. The molecule has 9 nitrogen and oxygen atoms in total. The maximum Gasteiger partial charge on any atom is 0.249 e. The Balaban J connectivity index is 1.44. The maximum atomic E-state index is 14.3. The van der Waals surface area contributed by atoms with Crippen molar-refractivity contribution < 1.29 is 9.59 Å². The first-order valence-electron chi connectivity index (χ1n) is 13.5. The van der Waals surface area contributed by atoms with Crippen LogP contribution < -0.4 is 10.2 Å². The molecule has 1 fully saturated rings. The third kappa shape index (κ3) is 4.99. The topological polar surface area (TPSA) is 97.9 Å². The molecule has 1 unspecified atom stereocenters. The Morgan fingerprint density at radius 1 is 1.00 bits per heavy atom. The minimum Gasteiger partial charge on any atom is -0.352 e. The number of fused-ring (bicyclic) bond motifs is 2. The van der Waals surface area contributed by atoms with Gasteiger partial charge >= 0.3 is 0 Å². The molecule has 1 aliphatic rings. The minimum atomic E-state index is -0.892. The number of hydrogen-bond donors (Lipinski definition) is 1. The van der Waals surface area contributed by atoms with Crippen LogP contribution in [0.4, 0.5) is 5.69 Å². The van der Waals surface area contributed by atoms with Crippen molar-refractivity contribution >= 4 is 39.4 Å². The second-order valence-corrected chi connectivity index (χ2v) is 10.2. The monoisotopic (exact) mass is 521 g/mol. The van der Waals surface area contributed by atoms with E-state index in [9.17, 15) is 9.59 Å². The largest absolute Gasteiger partial charge is 0.352 e. The highest BCUT2D eigenvalue weighted by Crippen LogP contribution is 2.31. The normalized spacial score (nSPS) is 14.9. The molecular weight excluding hydrogens is 490 g/mol. The van der Waals surface area contributed by atoms with Gasteiger partial charge in [0.15, 0.2) is 6.04 Å². The number of pyridine rings is 1. The molecule has 1 atom stereocenters. The molecule has 9 heteroatoms. The fourth-order valence-corrected chi connectivity index (χ4v) is 5.54. The number of hydrogen-bond acceptors (Lipinski definition) is 5. The van der Waals surface area contributed by atoms with Crippen molar-refractivity contribution in [1.29, 1.82) is 0 Å². The number of aryl methyl sites for hydroxylation is 1. The number of nitrogens with one attached hydrogen (secondary N) is 1. The van der Waals surface area contributed by atoms with E-state index >= 15 is 0 Å². The Labute approximate surface area is 226 Å². The third-order valence-corrected chi connectivity index (χ3v) is 7.55. The average Bonchev–Trinajstić information content (AvgIpc) is 3.57. The summed E-state index contributed by atoms with van der Waals surface area (Å²) in [6, 6.07) is 20.2. The van der Waals surface area contributed by atoms with Crippen LogP contribution in [0.2, 0.25) is 0 Å². The van der Waals surface area contributed by atoms with Gasteiger partial charge in [-0.15, -0.1) is 5.10 Å². The van der Waals surface area contributed by atoms with Crippen molar-refractivity contribution in [2.24, 2.45) is 7.05 Å². The molecule has 0 saturated heterocycles. The molecule has 198 valence electrons. The van der Waals surface area contributed by atoms with E-state index in [0.717, 1.165) is 42.1 Å². The summed E-state index contributed by atoms with van der Waals surface area (Å²) in [5.41, 5.74) is 3.54. The Hall–Kier alpha value is -4.53. The molecule has 6 rings (SSSR count). The number of rotatable bonds is 7. The summed E-state index contributed by atoms with van der Waals surface area (Å²) in [6.45, 7) is -0.0784. The van der Waals surface area contributed by atoms with E-state index in [1.165, 1.54) is 6.42 Å². The number of carbonyl (C=O) groups is 2. The molecule has 2 aromatic carbocycles. The average molecular weight is 522 g/mol. The Bertz CT molecular complexity index is 1630. The predicted octanol–water partition coefficient (Wildman–Crippen LogP) is 4.54. The Kier molecular flexibility index (Phi) is 6.79. The number of nitrogens with zero attached hydrogens (tertiary/aromatic N) is 6. The van der Waals surface area contributed by atoms with Gasteiger partial charge in [-0.1, -0.05) is 54.8 Å². The van der Waals surface area contributed by atoms with Crippen LogP contribution in [0.3, 0.4) is 0 Å². The quantitative estimate of drug-likeness (QED) is 0.339. The van der Waals surface area contributed by atoms with E-state index in [0.29, 0.717) is 16.9 Å². The second kappa shape index (κ2) is 10.7. The van der Waals surface area contributed by atoms with Gasteiger partial charge in [0.2, 0.25) is 11.8 Å². The molecule has 1 N–H and O–H groups in total. The standard InChI is InChI=1S/C30H31N7O2/c1-35-17-9-16-27(35)29(30(39)32-22-11-3-2-4-12-22)37(23-18-21-10-5-6-13-24(21)31-19-23)28(38)20-36-26-15-8-7-14-25(26)33-34-36/h5-10,13-19,22,29H,2-4,11-12,20H2,1H3,(H,32,39). The molecule has 1 saturated carbocycles. The number of para-hydroxylation sites is 2. The van der Waals surface area contributed by atoms with E-state index in [1.807, 2.05) is 84.5 Å². The SMILES string of the molecule is Cn1cccc1C(C(=O)NC1CCCCC1)N(C(=O)Cn1nnc2ccccc21)c1cnc2ccccc2c1. The fourth-order valence-electron chi connectivity index (χ4n) is 5.54. The van der Waals surface area contributed by atoms with Gasteiger partial charge in [0.25, 0.3) is 0 Å². The van der Waals surface area contributed by atoms with Crippen LogP contribution >= 0.6 is 0 Å². The van der Waals surface area contributed by atoms with Gasteiger partial charge in [-0.05, 0) is 49.2 Å². The Morgan fingerprint density at radius 3 is 2.56 bits per heavy atom. The number of amides is 2. The van der Waals surface area contributed by atoms with Crippen LogP contribution in [-0.4, -0.2) is 42.4 Å². The number of anilines is 1. The summed E-state index contributed by atoms with van der Waals surface area (Å²) in [6.07, 6.45) is 8.83. The lowest BCUT2D eigenvalue weighted by Gasteiger charge is -2.33. The van der Waals surface area contributed by atoms with Crippen LogP contribution in [-0.2, 0) is 23.2 Å². The lowest BCUT2D eigenvalue weighted by molar-refractivity contribution is -0.127. The maximum absolute atomic E-state index is 14.3. The van der Waals surface area contributed by atoms with E-state index in [-0.39, 0.29) is 24.4 Å². The van der Waals surface area contributed by atoms with E-state index < -0.39 is 6.04 Å². The molecule has 3 aromatic heterocycles. The van der Waals surface area contributed by atoms with Crippen LogP contribution in [0.15, 0.2) is 79.1 Å². The van der Waals surface area contributed by atoms with Gasteiger partial charge in [0.05, 0.1) is 28.6 Å². The molecule has 39 heavy (non-hydrogen) atoms. The fraction of sp³-hybridized carbons (Fsp3) is 0.300. The summed E-state index contributed by atoms with van der Waals surface area (Å²) in [5, 5.41) is 12.6. The van der Waals surface area contributed by atoms with Crippen molar-refractivity contribution in [3.05, 3.63) is 84.8 Å². The van der Waals surface area contributed by atoms with Gasteiger partial charge in [0.1, 0.15) is 12.1 Å². The van der Waals surface area contributed by atoms with E-state index in [1.54, 1.807) is 15.8 Å². The zero-order valence-electron chi connectivity index (χ0n) is 21.9. The Morgan fingerprint density at radius 2 is 1.77 bits per heavy atom. The molecule has 0 spiro atoms. The molecule has 1 aliphatic carbocycles. The van der Waals surface area contributed by atoms with Crippen molar-refractivity contribution in [1.82, 2.24) is 29.9 Å². The molecule has 3 heterocycles. The summed E-state index contributed by atoms with van der Waals surface area (Å²) >= 11 is 0. The van der Waals surface area contributed by atoms with Gasteiger partial charge in [-0.3, -0.25) is 19.5 Å². The zero-order valence-corrected chi connectivity index (χ0v) is 21.9. The van der Waals surface area contributed by atoms with Crippen molar-refractivity contribution in [3.8, 4) is 0 Å². The van der Waals surface area contributed by atoms with E-state index in [2.05, 4.69) is 20.6 Å². The molecule has 0 radical (unpaired) electrons. The van der Waals surface area contributed by atoms with Gasteiger partial charge in [0, 0.05) is 24.7 Å². The summed E-state index contributed by atoms with van der Waals surface area (Å²) in [4.78, 5) is 34.5. The first kappa shape index (κ1) is 24.8. The van der Waals surface area contributed by atoms with Crippen LogP contribution in [0.1, 0.15) is 43.8 Å². The first-order chi connectivity index (χ1) is 19.1. The van der Waals surface area contributed by atoms with Crippen LogP contribution in [0, 0.1) is 0 Å². The third-order valence-electron chi connectivity index (χ3n) is 7.55. The zero-order chi connectivity index (χ0) is 26.8. The number of carbonyl (C=O) groups excluding carboxylic acids is 2. The molecule has 5 aromatic rings.